The molecule has 0 saturated heterocycles. The van der Waals surface area contributed by atoms with E-state index in [2.05, 4.69) is 46.8 Å². The van der Waals surface area contributed by atoms with Gasteiger partial charge in [-0.2, -0.15) is 0 Å². The fourth-order valence-corrected chi connectivity index (χ4v) is 3.31. The van der Waals surface area contributed by atoms with Gasteiger partial charge in [-0.3, -0.25) is 0 Å². The van der Waals surface area contributed by atoms with E-state index in [1.165, 1.54) is 16.0 Å². The first-order chi connectivity index (χ1) is 9.34. The molecule has 1 unspecified atom stereocenters. The highest BCUT2D eigenvalue weighted by atomic mass is 32.1. The molecule has 0 amide bonds. The van der Waals surface area contributed by atoms with E-state index in [-0.39, 0.29) is 0 Å². The molecular weight excluding hydrogens is 254 g/mol. The Bertz CT molecular complexity index is 550. The number of rotatable bonds is 3. The number of fused-ring (bicyclic) bond motifs is 1. The fourth-order valence-electron chi connectivity index (χ4n) is 2.58. The molecule has 19 heavy (non-hydrogen) atoms. The predicted molar refractivity (Wildman–Crippen MR) is 79.2 cm³/mol. The van der Waals surface area contributed by atoms with E-state index >= 15 is 0 Å². The molecule has 0 fully saturated rings. The monoisotopic (exact) mass is 273 g/mol. The molecule has 1 aromatic heterocycles. The molecule has 2 aromatic rings. The van der Waals surface area contributed by atoms with E-state index in [9.17, 15) is 0 Å². The molecule has 1 aromatic carbocycles. The topological polar surface area (TPSA) is 37.0 Å². The highest BCUT2D eigenvalue weighted by Gasteiger charge is 2.17. The van der Waals surface area contributed by atoms with Gasteiger partial charge in [0.05, 0.1) is 11.2 Å². The third kappa shape index (κ3) is 2.86. The minimum absolute atomic E-state index is 0.438. The summed E-state index contributed by atoms with van der Waals surface area (Å²) in [5.41, 5.74) is 5.93. The van der Waals surface area contributed by atoms with E-state index < -0.39 is 0 Å². The Morgan fingerprint density at radius 3 is 3.16 bits per heavy atom. The smallest absolute Gasteiger partial charge is 0.0798 e. The van der Waals surface area contributed by atoms with Crippen LogP contribution in [0.4, 0.5) is 0 Å². The van der Waals surface area contributed by atoms with E-state index in [0.29, 0.717) is 6.04 Å². The quantitative estimate of drug-likeness (QED) is 0.903. The second-order valence-electron chi connectivity index (χ2n) is 4.96. The van der Waals surface area contributed by atoms with Gasteiger partial charge in [0.15, 0.2) is 0 Å². The van der Waals surface area contributed by atoms with Crippen molar-refractivity contribution in [3.63, 3.8) is 0 Å². The normalized spacial score (nSPS) is 18.9. The number of hydrogen-bond acceptors (Lipinski definition) is 4. The molecule has 1 aliphatic heterocycles. The summed E-state index contributed by atoms with van der Waals surface area (Å²) in [6.45, 7) is 5.04. The summed E-state index contributed by atoms with van der Waals surface area (Å²) < 4.78 is 0. The summed E-state index contributed by atoms with van der Waals surface area (Å²) in [4.78, 5) is 5.65. The van der Waals surface area contributed by atoms with Gasteiger partial charge in [0.25, 0.3) is 0 Å². The van der Waals surface area contributed by atoms with Crippen LogP contribution in [-0.4, -0.2) is 11.5 Å². The van der Waals surface area contributed by atoms with E-state index in [1.807, 2.05) is 5.51 Å². The number of aryl methyl sites for hydroxylation is 1. The molecule has 0 spiro atoms. The van der Waals surface area contributed by atoms with Gasteiger partial charge in [-0.05, 0) is 31.0 Å². The maximum Gasteiger partial charge on any atom is 0.0798 e. The molecule has 100 valence electrons. The third-order valence-corrected chi connectivity index (χ3v) is 4.64. The fraction of sp³-hybridized carbons (Fsp3) is 0.400. The van der Waals surface area contributed by atoms with Gasteiger partial charge in [0, 0.05) is 24.0 Å². The zero-order valence-corrected chi connectivity index (χ0v) is 12.0. The van der Waals surface area contributed by atoms with Gasteiger partial charge in [0.1, 0.15) is 0 Å². The van der Waals surface area contributed by atoms with Crippen molar-refractivity contribution in [3.05, 3.63) is 51.5 Å². The predicted octanol–water partition coefficient (Wildman–Crippen LogP) is 2.78. The summed E-state index contributed by atoms with van der Waals surface area (Å²) in [6, 6.07) is 9.17. The molecule has 4 heteroatoms. The van der Waals surface area contributed by atoms with Gasteiger partial charge in [0.2, 0.25) is 0 Å². The molecule has 2 heterocycles. The lowest BCUT2D eigenvalue weighted by Gasteiger charge is -2.18. The summed E-state index contributed by atoms with van der Waals surface area (Å²) in [5, 5.41) is 7.18. The van der Waals surface area contributed by atoms with Crippen molar-refractivity contribution in [2.75, 3.05) is 6.54 Å². The minimum atomic E-state index is 0.438. The van der Waals surface area contributed by atoms with Crippen LogP contribution in [0.1, 0.15) is 34.2 Å². The second kappa shape index (κ2) is 5.82. The lowest BCUT2D eigenvalue weighted by Crippen LogP contribution is -2.22. The summed E-state index contributed by atoms with van der Waals surface area (Å²) in [5.74, 6) is 0. The standard InChI is InChI=1S/C15H19N3S/c1-11-15(19-10-18-11)9-17-14-6-7-16-8-12-4-2-3-5-13(12)14/h2-5,10,14,16-17H,6-9H2,1H3. The van der Waals surface area contributed by atoms with Crippen LogP contribution in [0.15, 0.2) is 29.8 Å². The van der Waals surface area contributed by atoms with Gasteiger partial charge in [-0.25, -0.2) is 4.98 Å². The molecule has 0 aliphatic carbocycles. The van der Waals surface area contributed by atoms with E-state index in [4.69, 9.17) is 0 Å². The van der Waals surface area contributed by atoms with Crippen molar-refractivity contribution >= 4 is 11.3 Å². The zero-order valence-electron chi connectivity index (χ0n) is 11.1. The Hall–Kier alpha value is -1.23. The average molecular weight is 273 g/mol. The first kappa shape index (κ1) is 12.8. The summed E-state index contributed by atoms with van der Waals surface area (Å²) in [7, 11) is 0. The van der Waals surface area contributed by atoms with Crippen LogP contribution < -0.4 is 10.6 Å². The van der Waals surface area contributed by atoms with Crippen LogP contribution in [0.2, 0.25) is 0 Å². The number of benzene rings is 1. The molecule has 3 nitrogen and oxygen atoms in total. The summed E-state index contributed by atoms with van der Waals surface area (Å²) >= 11 is 1.74. The van der Waals surface area contributed by atoms with Crippen molar-refractivity contribution < 1.29 is 0 Å². The second-order valence-corrected chi connectivity index (χ2v) is 5.90. The van der Waals surface area contributed by atoms with Crippen LogP contribution in [0.5, 0.6) is 0 Å². The molecule has 3 rings (SSSR count). The Kier molecular flexibility index (Phi) is 3.92. The Morgan fingerprint density at radius 1 is 1.42 bits per heavy atom. The number of aromatic nitrogens is 1. The molecule has 1 aliphatic rings. The van der Waals surface area contributed by atoms with E-state index in [0.717, 1.165) is 31.7 Å². The highest BCUT2D eigenvalue weighted by molar-refractivity contribution is 7.09. The molecule has 0 radical (unpaired) electrons. The van der Waals surface area contributed by atoms with Crippen LogP contribution in [0, 0.1) is 6.92 Å². The lowest BCUT2D eigenvalue weighted by atomic mass is 9.99. The highest BCUT2D eigenvalue weighted by Crippen LogP contribution is 2.24. The van der Waals surface area contributed by atoms with Crippen molar-refractivity contribution in [1.29, 1.82) is 0 Å². The number of thiazole rings is 1. The Morgan fingerprint density at radius 2 is 2.32 bits per heavy atom. The zero-order chi connectivity index (χ0) is 13.1. The molecule has 0 bridgehead atoms. The number of hydrogen-bond donors (Lipinski definition) is 2. The van der Waals surface area contributed by atoms with Crippen molar-refractivity contribution in [2.45, 2.75) is 32.5 Å². The molecule has 0 saturated carbocycles. The van der Waals surface area contributed by atoms with Crippen molar-refractivity contribution in [2.24, 2.45) is 0 Å². The summed E-state index contributed by atoms with van der Waals surface area (Å²) in [6.07, 6.45) is 1.13. The maximum atomic E-state index is 4.31. The minimum Gasteiger partial charge on any atom is -0.313 e. The van der Waals surface area contributed by atoms with Crippen LogP contribution in [0.25, 0.3) is 0 Å². The van der Waals surface area contributed by atoms with Crippen LogP contribution >= 0.6 is 11.3 Å². The van der Waals surface area contributed by atoms with Crippen molar-refractivity contribution in [3.8, 4) is 0 Å². The average Bonchev–Trinajstić information content (AvgIpc) is 2.73. The third-order valence-electron chi connectivity index (χ3n) is 3.71. The lowest BCUT2D eigenvalue weighted by molar-refractivity contribution is 0.497. The number of nitrogens with zero attached hydrogens (tertiary/aromatic N) is 1. The first-order valence-electron chi connectivity index (χ1n) is 6.75. The molecule has 1 atom stereocenters. The van der Waals surface area contributed by atoms with Crippen LogP contribution in [0.3, 0.4) is 0 Å². The molecule has 2 N–H and O–H groups in total. The van der Waals surface area contributed by atoms with Crippen molar-refractivity contribution in [1.82, 2.24) is 15.6 Å². The SMILES string of the molecule is Cc1ncsc1CNC1CCNCc2ccccc21. The first-order valence-corrected chi connectivity index (χ1v) is 7.63. The maximum absolute atomic E-state index is 4.31. The largest absolute Gasteiger partial charge is 0.313 e. The van der Waals surface area contributed by atoms with Gasteiger partial charge >= 0.3 is 0 Å². The van der Waals surface area contributed by atoms with Gasteiger partial charge in [-0.1, -0.05) is 24.3 Å². The number of nitrogens with one attached hydrogen (secondary N) is 2. The van der Waals surface area contributed by atoms with E-state index in [1.54, 1.807) is 11.3 Å². The van der Waals surface area contributed by atoms with Crippen LogP contribution in [-0.2, 0) is 13.1 Å². The Balaban J connectivity index is 1.75. The Labute approximate surface area is 118 Å². The van der Waals surface area contributed by atoms with Gasteiger partial charge in [-0.15, -0.1) is 11.3 Å². The molecular formula is C15H19N3S. The van der Waals surface area contributed by atoms with Gasteiger partial charge < -0.3 is 10.6 Å².